The van der Waals surface area contributed by atoms with Gasteiger partial charge in [-0.25, -0.2) is 4.79 Å². The number of carbonyl (C=O) groups excluding carboxylic acids is 1. The summed E-state index contributed by atoms with van der Waals surface area (Å²) in [5.41, 5.74) is 10.2. The molecule has 4 rings (SSSR count). The van der Waals surface area contributed by atoms with E-state index in [2.05, 4.69) is 80.3 Å². The van der Waals surface area contributed by atoms with Crippen molar-refractivity contribution in [1.29, 1.82) is 0 Å². The minimum absolute atomic E-state index is 0.359. The van der Waals surface area contributed by atoms with Gasteiger partial charge in [-0.05, 0) is 86.9 Å². The molecule has 0 aromatic heterocycles. The Labute approximate surface area is 216 Å². The SMILES string of the molecule is COC(=O)C(OC(C)(C)C)c1c(C)c2c(c(C)c1-c1ccc(C)cc1)CN(Cc1ccccc1)CC2. The fourth-order valence-electron chi connectivity index (χ4n) is 5.36. The van der Waals surface area contributed by atoms with Crippen LogP contribution < -0.4 is 0 Å². The molecule has 1 aliphatic heterocycles. The standard InChI is InChI=1S/C32H39NO3/c1-21-13-15-25(16-14-21)28-23(3)27-20-33(19-24-11-9-8-10-12-24)18-17-26(27)22(2)29(28)30(31(34)35-7)36-32(4,5)6/h8-16,30H,17-20H2,1-7H3. The van der Waals surface area contributed by atoms with Crippen molar-refractivity contribution >= 4 is 5.97 Å². The van der Waals surface area contributed by atoms with Crippen LogP contribution in [0.15, 0.2) is 54.6 Å². The normalized spacial score (nSPS) is 14.9. The lowest BCUT2D eigenvalue weighted by Crippen LogP contribution is -2.33. The molecule has 1 atom stereocenters. The van der Waals surface area contributed by atoms with Crippen LogP contribution in [0.3, 0.4) is 0 Å². The number of carbonyl (C=O) groups is 1. The van der Waals surface area contributed by atoms with Gasteiger partial charge in [-0.15, -0.1) is 0 Å². The first-order valence-electron chi connectivity index (χ1n) is 12.8. The first kappa shape index (κ1) is 26.1. The quantitative estimate of drug-likeness (QED) is 0.357. The van der Waals surface area contributed by atoms with E-state index in [0.717, 1.165) is 48.3 Å². The Bertz CT molecular complexity index is 1220. The summed E-state index contributed by atoms with van der Waals surface area (Å²) in [6, 6.07) is 19.2. The number of benzene rings is 3. The number of methoxy groups -OCH3 is 1. The second kappa shape index (κ2) is 10.6. The first-order chi connectivity index (χ1) is 17.1. The van der Waals surface area contributed by atoms with Crippen molar-refractivity contribution in [3.63, 3.8) is 0 Å². The molecule has 3 aromatic carbocycles. The fourth-order valence-corrected chi connectivity index (χ4v) is 5.36. The molecule has 190 valence electrons. The van der Waals surface area contributed by atoms with Crippen LogP contribution in [0, 0.1) is 20.8 Å². The second-order valence-corrected chi connectivity index (χ2v) is 10.9. The van der Waals surface area contributed by atoms with Gasteiger partial charge in [0.05, 0.1) is 12.7 Å². The monoisotopic (exact) mass is 485 g/mol. The van der Waals surface area contributed by atoms with Gasteiger partial charge in [0.15, 0.2) is 6.10 Å². The Balaban J connectivity index is 1.88. The van der Waals surface area contributed by atoms with E-state index in [1.165, 1.54) is 34.9 Å². The summed E-state index contributed by atoms with van der Waals surface area (Å²) in [4.78, 5) is 15.7. The summed E-state index contributed by atoms with van der Waals surface area (Å²) in [7, 11) is 1.44. The van der Waals surface area contributed by atoms with Crippen LogP contribution in [-0.2, 0) is 33.8 Å². The molecule has 4 nitrogen and oxygen atoms in total. The number of fused-ring (bicyclic) bond motifs is 1. The van der Waals surface area contributed by atoms with Crippen molar-refractivity contribution in [3.05, 3.63) is 93.5 Å². The molecule has 0 bridgehead atoms. The molecule has 0 radical (unpaired) electrons. The second-order valence-electron chi connectivity index (χ2n) is 10.9. The van der Waals surface area contributed by atoms with Crippen LogP contribution in [0.2, 0.25) is 0 Å². The van der Waals surface area contributed by atoms with Crippen molar-refractivity contribution in [2.45, 2.75) is 72.8 Å². The highest BCUT2D eigenvalue weighted by atomic mass is 16.6. The highest BCUT2D eigenvalue weighted by Crippen LogP contribution is 2.43. The van der Waals surface area contributed by atoms with Crippen LogP contribution in [0.5, 0.6) is 0 Å². The van der Waals surface area contributed by atoms with Crippen molar-refractivity contribution in [2.75, 3.05) is 13.7 Å². The number of nitrogens with zero attached hydrogens (tertiary/aromatic N) is 1. The van der Waals surface area contributed by atoms with Crippen LogP contribution in [0.1, 0.15) is 65.8 Å². The lowest BCUT2D eigenvalue weighted by Gasteiger charge is -2.35. The van der Waals surface area contributed by atoms with E-state index in [-0.39, 0.29) is 5.97 Å². The van der Waals surface area contributed by atoms with Gasteiger partial charge < -0.3 is 9.47 Å². The molecule has 0 spiro atoms. The Morgan fingerprint density at radius 2 is 1.61 bits per heavy atom. The number of rotatable bonds is 6. The third kappa shape index (κ3) is 5.55. The maximum Gasteiger partial charge on any atom is 0.339 e. The molecule has 3 aromatic rings. The summed E-state index contributed by atoms with van der Waals surface area (Å²) < 4.78 is 11.7. The number of hydrogen-bond donors (Lipinski definition) is 0. The van der Waals surface area contributed by atoms with Gasteiger partial charge in [-0.1, -0.05) is 60.2 Å². The van der Waals surface area contributed by atoms with Crippen molar-refractivity contribution in [3.8, 4) is 11.1 Å². The van der Waals surface area contributed by atoms with E-state index in [4.69, 9.17) is 9.47 Å². The molecule has 4 heteroatoms. The van der Waals surface area contributed by atoms with Crippen molar-refractivity contribution < 1.29 is 14.3 Å². The van der Waals surface area contributed by atoms with E-state index >= 15 is 0 Å². The molecule has 0 aliphatic carbocycles. The maximum absolute atomic E-state index is 13.2. The zero-order chi connectivity index (χ0) is 26.0. The Hall–Kier alpha value is -2.95. The number of ether oxygens (including phenoxy) is 2. The predicted octanol–water partition coefficient (Wildman–Crippen LogP) is 6.87. The average molecular weight is 486 g/mol. The summed E-state index contributed by atoms with van der Waals surface area (Å²) >= 11 is 0. The topological polar surface area (TPSA) is 38.8 Å². The molecule has 0 saturated heterocycles. The minimum atomic E-state index is -0.794. The highest BCUT2D eigenvalue weighted by molar-refractivity contribution is 5.85. The molecule has 0 amide bonds. The van der Waals surface area contributed by atoms with Crippen LogP contribution in [0.4, 0.5) is 0 Å². The van der Waals surface area contributed by atoms with E-state index in [1.54, 1.807) is 0 Å². The number of hydrogen-bond acceptors (Lipinski definition) is 4. The third-order valence-electron chi connectivity index (χ3n) is 7.12. The Morgan fingerprint density at radius 3 is 2.22 bits per heavy atom. The summed E-state index contributed by atoms with van der Waals surface area (Å²) in [5.74, 6) is -0.359. The molecule has 1 unspecified atom stereocenters. The van der Waals surface area contributed by atoms with E-state index < -0.39 is 11.7 Å². The largest absolute Gasteiger partial charge is 0.467 e. The Kier molecular flexibility index (Phi) is 7.67. The fraction of sp³-hybridized carbons (Fsp3) is 0.406. The van der Waals surface area contributed by atoms with Gasteiger partial charge in [0, 0.05) is 25.2 Å². The molecule has 36 heavy (non-hydrogen) atoms. The van der Waals surface area contributed by atoms with Crippen LogP contribution in [0.25, 0.3) is 11.1 Å². The summed E-state index contributed by atoms with van der Waals surface area (Å²) in [5, 5.41) is 0. The van der Waals surface area contributed by atoms with E-state index in [0.29, 0.717) is 0 Å². The first-order valence-corrected chi connectivity index (χ1v) is 12.8. The summed E-state index contributed by atoms with van der Waals surface area (Å²) in [6.07, 6.45) is 0.150. The summed E-state index contributed by atoms with van der Waals surface area (Å²) in [6.45, 7) is 15.2. The lowest BCUT2D eigenvalue weighted by molar-refractivity contribution is -0.164. The molecule has 0 fully saturated rings. The maximum atomic E-state index is 13.2. The average Bonchev–Trinajstić information content (AvgIpc) is 2.85. The van der Waals surface area contributed by atoms with Gasteiger partial charge >= 0.3 is 5.97 Å². The van der Waals surface area contributed by atoms with E-state index in [9.17, 15) is 4.79 Å². The zero-order valence-electron chi connectivity index (χ0n) is 22.8. The predicted molar refractivity (Wildman–Crippen MR) is 146 cm³/mol. The van der Waals surface area contributed by atoms with Gasteiger partial charge in [0.2, 0.25) is 0 Å². The smallest absolute Gasteiger partial charge is 0.339 e. The molecule has 1 aliphatic rings. The molecule has 1 heterocycles. The van der Waals surface area contributed by atoms with Gasteiger partial charge in [0.25, 0.3) is 0 Å². The number of aryl methyl sites for hydroxylation is 1. The molecule has 0 saturated carbocycles. The van der Waals surface area contributed by atoms with Gasteiger partial charge in [0.1, 0.15) is 0 Å². The van der Waals surface area contributed by atoms with Crippen LogP contribution >= 0.6 is 0 Å². The molecular weight excluding hydrogens is 446 g/mol. The minimum Gasteiger partial charge on any atom is -0.467 e. The Morgan fingerprint density at radius 1 is 0.944 bits per heavy atom. The van der Waals surface area contributed by atoms with Crippen molar-refractivity contribution in [1.82, 2.24) is 4.90 Å². The zero-order valence-corrected chi connectivity index (χ0v) is 22.8. The van der Waals surface area contributed by atoms with Gasteiger partial charge in [-0.3, -0.25) is 4.90 Å². The van der Waals surface area contributed by atoms with Crippen molar-refractivity contribution in [2.24, 2.45) is 0 Å². The van der Waals surface area contributed by atoms with E-state index in [1.807, 2.05) is 20.8 Å². The highest BCUT2D eigenvalue weighted by Gasteiger charge is 2.35. The molecule has 0 N–H and O–H groups in total. The third-order valence-corrected chi connectivity index (χ3v) is 7.12. The molecular formula is C32H39NO3. The number of esters is 1. The van der Waals surface area contributed by atoms with Crippen LogP contribution in [-0.4, -0.2) is 30.1 Å². The lowest BCUT2D eigenvalue weighted by atomic mass is 9.80. The van der Waals surface area contributed by atoms with Gasteiger partial charge in [-0.2, -0.15) is 0 Å².